The van der Waals surface area contributed by atoms with Gasteiger partial charge in [0, 0.05) is 24.5 Å². The Balaban J connectivity index is 1.57. The summed E-state index contributed by atoms with van der Waals surface area (Å²) < 4.78 is 5.39. The van der Waals surface area contributed by atoms with E-state index in [-0.39, 0.29) is 17.2 Å². The smallest absolute Gasteiger partial charge is 0.259 e. The standard InChI is InChI=1S/C24H24N2O3/c1-17-5-2-3-8-21(17)18-6-4-7-19(15-18)25-24(28)22-16-20(9-10-23(22)27)26-11-13-29-14-12-26/h2-10,15-16,27H,11-14H2,1H3,(H,25,28). The number of ether oxygens (including phenoxy) is 1. The monoisotopic (exact) mass is 388 g/mol. The molecule has 148 valence electrons. The minimum absolute atomic E-state index is 0.0328. The number of nitrogens with zero attached hydrogens (tertiary/aromatic N) is 1. The molecule has 0 spiro atoms. The third-order valence-corrected chi connectivity index (χ3v) is 5.18. The van der Waals surface area contributed by atoms with Crippen LogP contribution < -0.4 is 10.2 Å². The summed E-state index contributed by atoms with van der Waals surface area (Å²) in [5.74, 6) is -0.367. The van der Waals surface area contributed by atoms with Gasteiger partial charge in [0.15, 0.2) is 0 Å². The number of aromatic hydroxyl groups is 1. The van der Waals surface area contributed by atoms with Crippen molar-refractivity contribution in [1.82, 2.24) is 0 Å². The van der Waals surface area contributed by atoms with Crippen LogP contribution in [0.3, 0.4) is 0 Å². The number of aryl methyl sites for hydroxylation is 1. The minimum atomic E-state index is -0.334. The fraction of sp³-hybridized carbons (Fsp3) is 0.208. The first-order valence-corrected chi connectivity index (χ1v) is 9.75. The van der Waals surface area contributed by atoms with E-state index in [4.69, 9.17) is 4.74 Å². The Hall–Kier alpha value is -3.31. The molecule has 1 aliphatic heterocycles. The van der Waals surface area contributed by atoms with E-state index in [0.29, 0.717) is 18.9 Å². The van der Waals surface area contributed by atoms with Crippen molar-refractivity contribution in [2.45, 2.75) is 6.92 Å². The molecule has 1 saturated heterocycles. The molecule has 4 rings (SSSR count). The van der Waals surface area contributed by atoms with Crippen molar-refractivity contribution in [1.29, 1.82) is 0 Å². The minimum Gasteiger partial charge on any atom is -0.507 e. The molecule has 0 radical (unpaired) electrons. The molecule has 29 heavy (non-hydrogen) atoms. The SMILES string of the molecule is Cc1ccccc1-c1cccc(NC(=O)c2cc(N3CCOCC3)ccc2O)c1. The zero-order chi connectivity index (χ0) is 20.2. The zero-order valence-corrected chi connectivity index (χ0v) is 16.4. The van der Waals surface area contributed by atoms with Crippen LogP contribution in [0.2, 0.25) is 0 Å². The number of nitrogens with one attached hydrogen (secondary N) is 1. The number of rotatable bonds is 4. The summed E-state index contributed by atoms with van der Waals surface area (Å²) in [5, 5.41) is 13.2. The maximum Gasteiger partial charge on any atom is 0.259 e. The quantitative estimate of drug-likeness (QED) is 0.693. The summed E-state index contributed by atoms with van der Waals surface area (Å²) in [6.07, 6.45) is 0. The van der Waals surface area contributed by atoms with Crippen LogP contribution in [0.4, 0.5) is 11.4 Å². The predicted molar refractivity (Wildman–Crippen MR) is 116 cm³/mol. The molecule has 0 unspecified atom stereocenters. The summed E-state index contributed by atoms with van der Waals surface area (Å²) in [6, 6.07) is 21.0. The molecule has 5 nitrogen and oxygen atoms in total. The lowest BCUT2D eigenvalue weighted by Gasteiger charge is -2.29. The summed E-state index contributed by atoms with van der Waals surface area (Å²) in [5.41, 5.74) is 5.19. The number of phenols is 1. The van der Waals surface area contributed by atoms with Crippen LogP contribution in [0, 0.1) is 6.92 Å². The lowest BCUT2D eigenvalue weighted by atomic mass is 10.0. The molecular formula is C24H24N2O3. The summed E-state index contributed by atoms with van der Waals surface area (Å²) in [6.45, 7) is 4.92. The topological polar surface area (TPSA) is 61.8 Å². The van der Waals surface area contributed by atoms with Crippen LogP contribution >= 0.6 is 0 Å². The molecular weight excluding hydrogens is 364 g/mol. The van der Waals surface area contributed by atoms with Gasteiger partial charge in [-0.2, -0.15) is 0 Å². The number of anilines is 2. The highest BCUT2D eigenvalue weighted by atomic mass is 16.5. The molecule has 3 aromatic rings. The number of benzene rings is 3. The molecule has 5 heteroatoms. The molecule has 3 aromatic carbocycles. The third-order valence-electron chi connectivity index (χ3n) is 5.18. The maximum atomic E-state index is 12.9. The van der Waals surface area contributed by atoms with Gasteiger partial charge in [0.2, 0.25) is 0 Å². The van der Waals surface area contributed by atoms with E-state index in [1.807, 2.05) is 42.5 Å². The molecule has 2 N–H and O–H groups in total. The van der Waals surface area contributed by atoms with Crippen molar-refractivity contribution in [2.75, 3.05) is 36.5 Å². The van der Waals surface area contributed by atoms with Gasteiger partial charge in [0.05, 0.1) is 18.8 Å². The Morgan fingerprint density at radius 2 is 1.79 bits per heavy atom. The van der Waals surface area contributed by atoms with Crippen molar-refractivity contribution < 1.29 is 14.6 Å². The van der Waals surface area contributed by atoms with Crippen molar-refractivity contribution in [3.05, 3.63) is 77.9 Å². The van der Waals surface area contributed by atoms with E-state index in [1.54, 1.807) is 12.1 Å². The van der Waals surface area contributed by atoms with Crippen molar-refractivity contribution >= 4 is 17.3 Å². The van der Waals surface area contributed by atoms with Crippen LogP contribution in [0.25, 0.3) is 11.1 Å². The molecule has 0 aliphatic carbocycles. The van der Waals surface area contributed by atoms with Crippen LogP contribution in [0.5, 0.6) is 5.75 Å². The lowest BCUT2D eigenvalue weighted by Crippen LogP contribution is -2.36. The number of morpholine rings is 1. The summed E-state index contributed by atoms with van der Waals surface area (Å²) in [7, 11) is 0. The van der Waals surface area contributed by atoms with Crippen LogP contribution in [0.15, 0.2) is 66.7 Å². The Morgan fingerprint density at radius 1 is 1.00 bits per heavy atom. The predicted octanol–water partition coefficient (Wildman–Crippen LogP) is 4.46. The Kier molecular flexibility index (Phi) is 5.49. The molecule has 1 fully saturated rings. The number of carbonyl (C=O) groups excluding carboxylic acids is 1. The third kappa shape index (κ3) is 4.25. The highest BCUT2D eigenvalue weighted by Gasteiger charge is 2.17. The summed E-state index contributed by atoms with van der Waals surface area (Å²) >= 11 is 0. The number of hydrogen-bond acceptors (Lipinski definition) is 4. The first-order chi connectivity index (χ1) is 14.1. The number of phenolic OH excluding ortho intramolecular Hbond substituents is 1. The lowest BCUT2D eigenvalue weighted by molar-refractivity contribution is 0.102. The molecule has 0 atom stereocenters. The fourth-order valence-corrected chi connectivity index (χ4v) is 3.58. The second-order valence-corrected chi connectivity index (χ2v) is 7.15. The van der Waals surface area contributed by atoms with Gasteiger partial charge in [-0.3, -0.25) is 4.79 Å². The largest absolute Gasteiger partial charge is 0.507 e. The second-order valence-electron chi connectivity index (χ2n) is 7.15. The van der Waals surface area contributed by atoms with Crippen LogP contribution in [0.1, 0.15) is 15.9 Å². The first-order valence-electron chi connectivity index (χ1n) is 9.75. The maximum absolute atomic E-state index is 12.9. The zero-order valence-electron chi connectivity index (χ0n) is 16.4. The Labute approximate surface area is 170 Å². The second kappa shape index (κ2) is 8.37. The molecule has 0 saturated carbocycles. The Morgan fingerprint density at radius 3 is 2.59 bits per heavy atom. The molecule has 1 amide bonds. The van der Waals surface area contributed by atoms with E-state index < -0.39 is 0 Å². The van der Waals surface area contributed by atoms with E-state index in [2.05, 4.69) is 29.3 Å². The molecule has 0 aromatic heterocycles. The first kappa shape index (κ1) is 19.0. The van der Waals surface area contributed by atoms with Gasteiger partial charge in [-0.05, 0) is 53.9 Å². The molecule has 1 aliphatic rings. The van der Waals surface area contributed by atoms with Gasteiger partial charge in [0.1, 0.15) is 5.75 Å². The van der Waals surface area contributed by atoms with E-state index in [9.17, 15) is 9.90 Å². The van der Waals surface area contributed by atoms with Gasteiger partial charge in [-0.1, -0.05) is 36.4 Å². The number of hydrogen-bond donors (Lipinski definition) is 2. The van der Waals surface area contributed by atoms with Gasteiger partial charge < -0.3 is 20.1 Å². The van der Waals surface area contributed by atoms with E-state index in [1.165, 1.54) is 5.56 Å². The number of amides is 1. The van der Waals surface area contributed by atoms with E-state index >= 15 is 0 Å². The fourth-order valence-electron chi connectivity index (χ4n) is 3.58. The Bertz CT molecular complexity index is 1030. The highest BCUT2D eigenvalue weighted by Crippen LogP contribution is 2.28. The summed E-state index contributed by atoms with van der Waals surface area (Å²) in [4.78, 5) is 15.0. The van der Waals surface area contributed by atoms with Crippen LogP contribution in [-0.4, -0.2) is 37.3 Å². The van der Waals surface area contributed by atoms with Gasteiger partial charge >= 0.3 is 0 Å². The normalized spacial score (nSPS) is 13.9. The highest BCUT2D eigenvalue weighted by molar-refractivity contribution is 6.07. The van der Waals surface area contributed by atoms with Gasteiger partial charge in [-0.15, -0.1) is 0 Å². The molecule has 1 heterocycles. The van der Waals surface area contributed by atoms with Crippen molar-refractivity contribution in [2.24, 2.45) is 0 Å². The van der Waals surface area contributed by atoms with Gasteiger partial charge in [0.25, 0.3) is 5.91 Å². The average Bonchev–Trinajstić information content (AvgIpc) is 2.75. The van der Waals surface area contributed by atoms with Crippen molar-refractivity contribution in [3.8, 4) is 16.9 Å². The average molecular weight is 388 g/mol. The van der Waals surface area contributed by atoms with Crippen molar-refractivity contribution in [3.63, 3.8) is 0 Å². The van der Waals surface area contributed by atoms with E-state index in [0.717, 1.165) is 29.9 Å². The number of carbonyl (C=O) groups is 1. The van der Waals surface area contributed by atoms with Crippen LogP contribution in [-0.2, 0) is 4.74 Å². The molecule has 0 bridgehead atoms. The van der Waals surface area contributed by atoms with Gasteiger partial charge in [-0.25, -0.2) is 0 Å².